The van der Waals surface area contributed by atoms with Gasteiger partial charge < -0.3 is 10.1 Å². The molecule has 6 nitrogen and oxygen atoms in total. The smallest absolute Gasteiger partial charge is 0.230 e. The summed E-state index contributed by atoms with van der Waals surface area (Å²) in [6.45, 7) is 10.4. The van der Waals surface area contributed by atoms with E-state index in [1.807, 2.05) is 35.7 Å². The molecule has 1 fully saturated rings. The first-order valence-corrected chi connectivity index (χ1v) is 13.2. The van der Waals surface area contributed by atoms with Crippen molar-refractivity contribution in [1.29, 1.82) is 0 Å². The third-order valence-electron chi connectivity index (χ3n) is 5.24. The molecule has 1 saturated heterocycles. The number of nitrogens with zero attached hydrogens (tertiary/aromatic N) is 3. The van der Waals surface area contributed by atoms with E-state index in [-0.39, 0.29) is 12.0 Å². The maximum absolute atomic E-state index is 12.4. The van der Waals surface area contributed by atoms with Gasteiger partial charge in [-0.05, 0) is 23.3 Å². The lowest BCUT2D eigenvalue weighted by Crippen LogP contribution is -2.47. The first-order chi connectivity index (χ1) is 16.5. The molecule has 2 heterocycles. The predicted octanol–water partition coefficient (Wildman–Crippen LogP) is 5.78. The molecule has 34 heavy (non-hydrogen) atoms. The molecule has 176 valence electrons. The van der Waals surface area contributed by atoms with Gasteiger partial charge in [0.05, 0.1) is 40.8 Å². The van der Waals surface area contributed by atoms with Crippen LogP contribution < -0.4 is 5.32 Å². The SMILES string of the molecule is [C-]#[N+]c1ccc(-c2csc(SCC(=O)NC[C@H]3CN(Cc4ccc(Cl)c(Cl)c4)CCO3)n2)cc1. The zero-order valence-corrected chi connectivity index (χ0v) is 21.3. The highest BCUT2D eigenvalue weighted by Gasteiger charge is 2.21. The van der Waals surface area contributed by atoms with Crippen molar-refractivity contribution >= 4 is 57.9 Å². The minimum absolute atomic E-state index is 0.0478. The molecule has 1 amide bonds. The number of carbonyl (C=O) groups is 1. The Morgan fingerprint density at radius 2 is 2.09 bits per heavy atom. The average Bonchev–Trinajstić information content (AvgIpc) is 3.33. The molecular weight excluding hydrogens is 511 g/mol. The van der Waals surface area contributed by atoms with E-state index in [0.717, 1.165) is 40.8 Å². The van der Waals surface area contributed by atoms with Gasteiger partial charge >= 0.3 is 0 Å². The second-order valence-corrected chi connectivity index (χ2v) is 10.6. The van der Waals surface area contributed by atoms with Crippen LogP contribution in [0.4, 0.5) is 5.69 Å². The number of hydrogen-bond acceptors (Lipinski definition) is 6. The molecule has 0 radical (unpaired) electrons. The fourth-order valence-corrected chi connectivity index (χ4v) is 5.50. The van der Waals surface area contributed by atoms with Crippen LogP contribution in [0.1, 0.15) is 5.56 Å². The van der Waals surface area contributed by atoms with E-state index in [2.05, 4.69) is 20.0 Å². The first kappa shape index (κ1) is 25.0. The number of morpholine rings is 1. The van der Waals surface area contributed by atoms with Crippen LogP contribution in [0.25, 0.3) is 16.1 Å². The number of halogens is 2. The van der Waals surface area contributed by atoms with Crippen molar-refractivity contribution in [3.8, 4) is 11.3 Å². The Bertz CT molecular complexity index is 1180. The largest absolute Gasteiger partial charge is 0.374 e. The van der Waals surface area contributed by atoms with Crippen LogP contribution in [0.2, 0.25) is 10.0 Å². The average molecular weight is 534 g/mol. The Morgan fingerprint density at radius 1 is 1.26 bits per heavy atom. The molecule has 1 aliphatic heterocycles. The van der Waals surface area contributed by atoms with Crippen molar-refractivity contribution in [2.75, 3.05) is 32.0 Å². The second-order valence-electron chi connectivity index (χ2n) is 7.73. The highest BCUT2D eigenvalue weighted by Crippen LogP contribution is 2.29. The van der Waals surface area contributed by atoms with E-state index in [1.54, 1.807) is 12.1 Å². The highest BCUT2D eigenvalue weighted by atomic mass is 35.5. The monoisotopic (exact) mass is 532 g/mol. The summed E-state index contributed by atoms with van der Waals surface area (Å²) in [5, 5.41) is 6.04. The molecule has 0 saturated carbocycles. The summed E-state index contributed by atoms with van der Waals surface area (Å²) in [5.74, 6) is 0.247. The summed E-state index contributed by atoms with van der Waals surface area (Å²) in [7, 11) is 0. The molecule has 1 aliphatic rings. The number of hydrogen-bond donors (Lipinski definition) is 1. The lowest BCUT2D eigenvalue weighted by Gasteiger charge is -2.33. The topological polar surface area (TPSA) is 58.8 Å². The van der Waals surface area contributed by atoms with Gasteiger partial charge in [-0.3, -0.25) is 9.69 Å². The summed E-state index contributed by atoms with van der Waals surface area (Å²) in [6, 6.07) is 13.0. The Hall–Kier alpha value is -2.12. The molecule has 0 aliphatic carbocycles. The number of carbonyl (C=O) groups excluding carboxylic acids is 1. The number of rotatable bonds is 8. The summed E-state index contributed by atoms with van der Waals surface area (Å²) < 4.78 is 6.67. The van der Waals surface area contributed by atoms with Gasteiger partial charge in [0.15, 0.2) is 10.0 Å². The van der Waals surface area contributed by atoms with Gasteiger partial charge in [0.25, 0.3) is 0 Å². The minimum Gasteiger partial charge on any atom is -0.374 e. The maximum Gasteiger partial charge on any atom is 0.230 e. The van der Waals surface area contributed by atoms with Gasteiger partial charge in [-0.2, -0.15) is 0 Å². The highest BCUT2D eigenvalue weighted by molar-refractivity contribution is 8.01. The fourth-order valence-electron chi connectivity index (χ4n) is 3.51. The number of thiazole rings is 1. The lowest BCUT2D eigenvalue weighted by atomic mass is 10.1. The summed E-state index contributed by atoms with van der Waals surface area (Å²) >= 11 is 15.0. The van der Waals surface area contributed by atoms with E-state index in [1.165, 1.54) is 23.1 Å². The predicted molar refractivity (Wildman–Crippen MR) is 139 cm³/mol. The van der Waals surface area contributed by atoms with Crippen molar-refractivity contribution in [1.82, 2.24) is 15.2 Å². The normalized spacial score (nSPS) is 16.2. The van der Waals surface area contributed by atoms with Crippen molar-refractivity contribution in [3.05, 3.63) is 74.9 Å². The van der Waals surface area contributed by atoms with Crippen molar-refractivity contribution in [2.24, 2.45) is 0 Å². The molecule has 0 unspecified atom stereocenters. The zero-order valence-electron chi connectivity index (χ0n) is 18.2. The van der Waals surface area contributed by atoms with E-state index >= 15 is 0 Å². The van der Waals surface area contributed by atoms with Crippen LogP contribution in [0, 0.1) is 6.57 Å². The van der Waals surface area contributed by atoms with Crippen LogP contribution in [-0.4, -0.2) is 53.9 Å². The molecule has 0 spiro atoms. The maximum atomic E-state index is 12.4. The molecular formula is C24H22Cl2N4O2S2. The lowest BCUT2D eigenvalue weighted by molar-refractivity contribution is -0.119. The summed E-state index contributed by atoms with van der Waals surface area (Å²) in [6.07, 6.45) is -0.0598. The van der Waals surface area contributed by atoms with Gasteiger partial charge in [0.2, 0.25) is 5.91 Å². The zero-order chi connectivity index (χ0) is 23.9. The van der Waals surface area contributed by atoms with Crippen LogP contribution >= 0.6 is 46.3 Å². The van der Waals surface area contributed by atoms with E-state index < -0.39 is 0 Å². The van der Waals surface area contributed by atoms with E-state index in [0.29, 0.717) is 34.6 Å². The molecule has 4 rings (SSSR count). The quantitative estimate of drug-likeness (QED) is 0.294. The Balaban J connectivity index is 1.20. The van der Waals surface area contributed by atoms with E-state index in [4.69, 9.17) is 34.5 Å². The molecule has 1 atom stereocenters. The molecule has 1 N–H and O–H groups in total. The van der Waals surface area contributed by atoms with Crippen molar-refractivity contribution in [3.63, 3.8) is 0 Å². The number of thioether (sulfide) groups is 1. The van der Waals surface area contributed by atoms with Gasteiger partial charge in [0, 0.05) is 31.6 Å². The number of nitrogens with one attached hydrogen (secondary N) is 1. The third-order valence-corrected chi connectivity index (χ3v) is 8.00. The molecule has 2 aromatic carbocycles. The number of amides is 1. The van der Waals surface area contributed by atoms with Crippen LogP contribution in [0.15, 0.2) is 52.2 Å². The minimum atomic E-state index is -0.0598. The van der Waals surface area contributed by atoms with Gasteiger partial charge in [-0.25, -0.2) is 9.83 Å². The van der Waals surface area contributed by atoms with E-state index in [9.17, 15) is 4.79 Å². The number of benzene rings is 2. The van der Waals surface area contributed by atoms with Crippen LogP contribution in [0.5, 0.6) is 0 Å². The number of aromatic nitrogens is 1. The second kappa shape index (κ2) is 12.0. The fraction of sp³-hybridized carbons (Fsp3) is 0.292. The molecule has 0 bridgehead atoms. The van der Waals surface area contributed by atoms with Crippen LogP contribution in [-0.2, 0) is 16.1 Å². The Kier molecular flexibility index (Phi) is 8.84. The molecule has 10 heteroatoms. The van der Waals surface area contributed by atoms with Gasteiger partial charge in [0.1, 0.15) is 0 Å². The van der Waals surface area contributed by atoms with Crippen molar-refractivity contribution < 1.29 is 9.53 Å². The first-order valence-electron chi connectivity index (χ1n) is 10.6. The summed E-state index contributed by atoms with van der Waals surface area (Å²) in [4.78, 5) is 22.7. The van der Waals surface area contributed by atoms with Gasteiger partial charge in [-0.15, -0.1) is 11.3 Å². The summed E-state index contributed by atoms with van der Waals surface area (Å²) in [5.41, 5.74) is 3.51. The number of ether oxygens (including phenoxy) is 1. The van der Waals surface area contributed by atoms with Gasteiger partial charge in [-0.1, -0.05) is 65.3 Å². The Labute approximate surface area is 217 Å². The molecule has 1 aromatic heterocycles. The standard InChI is InChI=1S/C24H22Cl2N4O2S2/c1-27-18-5-3-17(4-6-18)22-14-33-24(29-22)34-15-23(31)28-11-19-13-30(8-9-32-19)12-16-2-7-20(25)21(26)10-16/h2-7,10,14,19H,8-9,11-13,15H2,(H,28,31)/t19-/m0/s1. The third kappa shape index (κ3) is 6.95. The Morgan fingerprint density at radius 3 is 2.85 bits per heavy atom. The molecule has 3 aromatic rings. The van der Waals surface area contributed by atoms with Crippen molar-refractivity contribution in [2.45, 2.75) is 17.0 Å². The van der Waals surface area contributed by atoms with Crippen LogP contribution in [0.3, 0.4) is 0 Å².